The molecule has 2 rings (SSSR count). The molecule has 0 fully saturated rings. The van der Waals surface area contributed by atoms with Crippen LogP contribution in [0.1, 0.15) is 10.4 Å². The van der Waals surface area contributed by atoms with E-state index in [4.69, 9.17) is 11.6 Å². The van der Waals surface area contributed by atoms with Crippen molar-refractivity contribution in [2.75, 3.05) is 11.4 Å². The summed E-state index contributed by atoms with van der Waals surface area (Å²) in [6, 6.07) is 8.46. The molecule has 0 aliphatic rings. The third-order valence-corrected chi connectivity index (χ3v) is 4.52. The van der Waals surface area contributed by atoms with Crippen molar-refractivity contribution in [3.05, 3.63) is 42.1 Å². The number of H-pyrrole nitrogens is 1. The van der Waals surface area contributed by atoms with Crippen LogP contribution in [-0.4, -0.2) is 30.9 Å². The van der Waals surface area contributed by atoms with Crippen molar-refractivity contribution in [1.29, 1.82) is 0 Å². The van der Waals surface area contributed by atoms with E-state index in [9.17, 15) is 13.2 Å². The predicted octanol–water partition coefficient (Wildman–Crippen LogP) is 1.61. The normalized spacial score (nSPS) is 11.3. The molecular formula is C11H10ClN3O3S. The van der Waals surface area contributed by atoms with Crippen molar-refractivity contribution in [3.8, 4) is 0 Å². The van der Waals surface area contributed by atoms with E-state index in [-0.39, 0.29) is 10.6 Å². The fraction of sp³-hybridized carbons (Fsp3) is 0.0909. The van der Waals surface area contributed by atoms with Crippen molar-refractivity contribution < 1.29 is 13.2 Å². The minimum Gasteiger partial charge on any atom is -0.275 e. The van der Waals surface area contributed by atoms with Crippen molar-refractivity contribution in [2.45, 2.75) is 5.03 Å². The molecule has 0 spiro atoms. The summed E-state index contributed by atoms with van der Waals surface area (Å²) >= 11 is 5.32. The molecule has 1 aromatic heterocycles. The Bertz CT molecular complexity index is 697. The highest BCUT2D eigenvalue weighted by Gasteiger charge is 2.28. The Morgan fingerprint density at radius 1 is 1.32 bits per heavy atom. The fourth-order valence-electron chi connectivity index (χ4n) is 1.52. The van der Waals surface area contributed by atoms with Crippen LogP contribution < -0.4 is 4.31 Å². The van der Waals surface area contributed by atoms with Crippen LogP contribution in [0.25, 0.3) is 0 Å². The molecule has 1 N–H and O–H groups in total. The van der Waals surface area contributed by atoms with Crippen LogP contribution in [0.5, 0.6) is 0 Å². The van der Waals surface area contributed by atoms with Crippen molar-refractivity contribution in [2.24, 2.45) is 0 Å². The molecule has 0 saturated carbocycles. The smallest absolute Gasteiger partial charge is 0.275 e. The van der Waals surface area contributed by atoms with Crippen molar-refractivity contribution in [3.63, 3.8) is 0 Å². The van der Waals surface area contributed by atoms with Gasteiger partial charge < -0.3 is 0 Å². The van der Waals surface area contributed by atoms with E-state index < -0.39 is 15.3 Å². The molecule has 0 saturated heterocycles. The maximum absolute atomic E-state index is 12.4. The molecule has 1 heterocycles. The van der Waals surface area contributed by atoms with Crippen LogP contribution >= 0.6 is 11.6 Å². The van der Waals surface area contributed by atoms with E-state index >= 15 is 0 Å². The molecule has 100 valence electrons. The van der Waals surface area contributed by atoms with Gasteiger partial charge in [0, 0.05) is 7.05 Å². The number of hydrogen-bond donors (Lipinski definition) is 1. The van der Waals surface area contributed by atoms with E-state index in [1.54, 1.807) is 30.3 Å². The van der Waals surface area contributed by atoms with E-state index in [0.29, 0.717) is 5.69 Å². The highest BCUT2D eigenvalue weighted by Crippen LogP contribution is 2.23. The second kappa shape index (κ2) is 5.02. The first-order valence-electron chi connectivity index (χ1n) is 5.22. The molecule has 0 aliphatic carbocycles. The Labute approximate surface area is 115 Å². The first-order chi connectivity index (χ1) is 8.94. The summed E-state index contributed by atoms with van der Waals surface area (Å²) < 4.78 is 25.8. The fourth-order valence-corrected chi connectivity index (χ4v) is 2.99. The summed E-state index contributed by atoms with van der Waals surface area (Å²) in [7, 11) is -2.53. The lowest BCUT2D eigenvalue weighted by molar-refractivity contribution is 0.107. The standard InChI is InChI=1S/C11H10ClN3O3S/c1-15(8-5-3-2-4-6-8)19(17,18)11-9(10(12)16)7-13-14-11/h2-7H,1H3,(H,13,14). The van der Waals surface area contributed by atoms with Crippen LogP contribution in [0.15, 0.2) is 41.6 Å². The van der Waals surface area contributed by atoms with Crippen LogP contribution in [-0.2, 0) is 10.0 Å². The number of nitrogens with zero attached hydrogens (tertiary/aromatic N) is 2. The molecule has 0 radical (unpaired) electrons. The maximum Gasteiger partial charge on any atom is 0.281 e. The number of aromatic nitrogens is 2. The van der Waals surface area contributed by atoms with E-state index in [2.05, 4.69) is 10.2 Å². The largest absolute Gasteiger partial charge is 0.281 e. The van der Waals surface area contributed by atoms with Gasteiger partial charge in [-0.2, -0.15) is 13.5 Å². The zero-order valence-corrected chi connectivity index (χ0v) is 11.4. The Morgan fingerprint density at radius 2 is 1.95 bits per heavy atom. The number of benzene rings is 1. The molecule has 0 aliphatic heterocycles. The third kappa shape index (κ3) is 2.47. The molecule has 1 aromatic carbocycles. The number of halogens is 1. The van der Waals surface area contributed by atoms with Gasteiger partial charge in [0.25, 0.3) is 15.3 Å². The number of anilines is 1. The van der Waals surface area contributed by atoms with Gasteiger partial charge in [-0.1, -0.05) is 18.2 Å². The monoisotopic (exact) mass is 299 g/mol. The molecule has 0 atom stereocenters. The number of aromatic amines is 1. The Balaban J connectivity index is 2.49. The van der Waals surface area contributed by atoms with Crippen molar-refractivity contribution in [1.82, 2.24) is 10.2 Å². The lowest BCUT2D eigenvalue weighted by Crippen LogP contribution is -2.27. The molecule has 2 aromatic rings. The zero-order valence-electron chi connectivity index (χ0n) is 9.87. The summed E-state index contributed by atoms with van der Waals surface area (Å²) in [5.41, 5.74) is 0.287. The van der Waals surface area contributed by atoms with Gasteiger partial charge in [-0.25, -0.2) is 0 Å². The molecule has 6 nitrogen and oxygen atoms in total. The molecular weight excluding hydrogens is 290 g/mol. The molecule has 0 amide bonds. The second-order valence-corrected chi connectivity index (χ2v) is 5.94. The average Bonchev–Trinajstić information content (AvgIpc) is 2.89. The molecule has 0 bridgehead atoms. The van der Waals surface area contributed by atoms with Crippen LogP contribution in [0.2, 0.25) is 0 Å². The number of para-hydroxylation sites is 1. The number of nitrogens with one attached hydrogen (secondary N) is 1. The van der Waals surface area contributed by atoms with Gasteiger partial charge >= 0.3 is 0 Å². The molecule has 8 heteroatoms. The van der Waals surface area contributed by atoms with E-state index in [1.165, 1.54) is 7.05 Å². The van der Waals surface area contributed by atoms with Crippen LogP contribution in [0.3, 0.4) is 0 Å². The zero-order chi connectivity index (χ0) is 14.0. The van der Waals surface area contributed by atoms with Gasteiger partial charge in [0.05, 0.1) is 17.4 Å². The number of carbonyl (C=O) groups is 1. The van der Waals surface area contributed by atoms with E-state index in [0.717, 1.165) is 10.5 Å². The molecule has 0 unspecified atom stereocenters. The summed E-state index contributed by atoms with van der Waals surface area (Å²) in [6.45, 7) is 0. The lowest BCUT2D eigenvalue weighted by Gasteiger charge is -2.18. The molecule has 19 heavy (non-hydrogen) atoms. The lowest BCUT2D eigenvalue weighted by atomic mass is 10.3. The first kappa shape index (κ1) is 13.6. The van der Waals surface area contributed by atoms with Gasteiger partial charge in [-0.15, -0.1) is 0 Å². The van der Waals surface area contributed by atoms with Crippen LogP contribution in [0, 0.1) is 0 Å². The summed E-state index contributed by atoms with van der Waals surface area (Å²) in [6.07, 6.45) is 1.08. The number of carbonyl (C=O) groups excluding carboxylic acids is 1. The Hall–Kier alpha value is -1.86. The Kier molecular flexibility index (Phi) is 3.59. The topological polar surface area (TPSA) is 83.1 Å². The quantitative estimate of drug-likeness (QED) is 0.870. The summed E-state index contributed by atoms with van der Waals surface area (Å²) in [5.74, 6) is 0. The predicted molar refractivity (Wildman–Crippen MR) is 70.8 cm³/mol. The summed E-state index contributed by atoms with van der Waals surface area (Å²) in [4.78, 5) is 11.2. The minimum absolute atomic E-state index is 0.176. The van der Waals surface area contributed by atoms with Crippen molar-refractivity contribution >= 4 is 32.6 Å². The SMILES string of the molecule is CN(c1ccccc1)S(=O)(=O)c1[nH]ncc1C(=O)Cl. The van der Waals surface area contributed by atoms with Crippen LogP contribution in [0.4, 0.5) is 5.69 Å². The van der Waals surface area contributed by atoms with Gasteiger partial charge in [0.15, 0.2) is 5.03 Å². The first-order valence-corrected chi connectivity index (χ1v) is 7.03. The third-order valence-electron chi connectivity index (χ3n) is 2.55. The summed E-state index contributed by atoms with van der Waals surface area (Å²) in [5, 5.41) is 4.64. The number of hydrogen-bond acceptors (Lipinski definition) is 4. The number of sulfonamides is 1. The Morgan fingerprint density at radius 3 is 2.53 bits per heavy atom. The second-order valence-electron chi connectivity index (χ2n) is 3.69. The highest BCUT2D eigenvalue weighted by molar-refractivity contribution is 7.92. The number of rotatable bonds is 4. The maximum atomic E-state index is 12.4. The van der Waals surface area contributed by atoms with E-state index in [1.807, 2.05) is 0 Å². The highest BCUT2D eigenvalue weighted by atomic mass is 35.5. The minimum atomic E-state index is -3.91. The van der Waals surface area contributed by atoms with Gasteiger partial charge in [-0.05, 0) is 23.7 Å². The van der Waals surface area contributed by atoms with Gasteiger partial charge in [0.1, 0.15) is 0 Å². The van der Waals surface area contributed by atoms with Gasteiger partial charge in [-0.3, -0.25) is 14.2 Å². The average molecular weight is 300 g/mol. The van der Waals surface area contributed by atoms with Gasteiger partial charge in [0.2, 0.25) is 0 Å².